The minimum absolute atomic E-state index is 0.476. The van der Waals surface area contributed by atoms with Gasteiger partial charge in [-0.3, -0.25) is 0 Å². The van der Waals surface area contributed by atoms with Crippen LogP contribution in [0.4, 0.5) is 0 Å². The smallest absolute Gasteiger partial charge is 0.0146 e. The topological polar surface area (TPSA) is 0 Å². The van der Waals surface area contributed by atoms with E-state index in [0.29, 0.717) is 35.5 Å². The molecule has 0 saturated heterocycles. The Morgan fingerprint density at radius 3 is 0.972 bits per heavy atom. The lowest BCUT2D eigenvalue weighted by Gasteiger charge is -2.27. The second-order valence-electron chi connectivity index (χ2n) is 12.6. The van der Waals surface area contributed by atoms with E-state index in [2.05, 4.69) is 132 Å². The Labute approximate surface area is 222 Å². The Morgan fingerprint density at radius 2 is 0.694 bits per heavy atom. The molecule has 0 nitrogen and oxygen atoms in total. The first kappa shape index (κ1) is 28.2. The van der Waals surface area contributed by atoms with E-state index >= 15 is 0 Å². The maximum Gasteiger partial charge on any atom is -0.0146 e. The van der Waals surface area contributed by atoms with Crippen LogP contribution >= 0.6 is 0 Å². The zero-order valence-electron chi connectivity index (χ0n) is 25.1. The molecular formula is C36H50. The van der Waals surface area contributed by atoms with Crippen molar-refractivity contribution in [1.82, 2.24) is 0 Å². The van der Waals surface area contributed by atoms with Crippen LogP contribution in [0.1, 0.15) is 152 Å². The molecule has 0 aliphatic rings. The van der Waals surface area contributed by atoms with Crippen LogP contribution in [0.2, 0.25) is 0 Å². The molecule has 0 heteroatoms. The highest BCUT2D eigenvalue weighted by atomic mass is 14.3. The summed E-state index contributed by atoms with van der Waals surface area (Å²) in [5, 5.41) is 0. The molecular weight excluding hydrogens is 432 g/mol. The summed E-state index contributed by atoms with van der Waals surface area (Å²) in [4.78, 5) is 0. The number of rotatable bonds is 8. The lowest BCUT2D eigenvalue weighted by atomic mass is 9.78. The molecule has 0 amide bonds. The summed E-state index contributed by atoms with van der Waals surface area (Å²) in [6.45, 7) is 28.1. The van der Waals surface area contributed by atoms with Gasteiger partial charge in [-0.05, 0) is 97.2 Å². The van der Waals surface area contributed by atoms with E-state index in [1.165, 1.54) is 44.5 Å². The summed E-state index contributed by atoms with van der Waals surface area (Å²) >= 11 is 0. The molecule has 0 heterocycles. The molecule has 0 unspecified atom stereocenters. The van der Waals surface area contributed by atoms with Gasteiger partial charge >= 0.3 is 0 Å². The van der Waals surface area contributed by atoms with Gasteiger partial charge < -0.3 is 0 Å². The van der Waals surface area contributed by atoms with Crippen molar-refractivity contribution in [3.8, 4) is 22.3 Å². The van der Waals surface area contributed by atoms with Gasteiger partial charge in [-0.15, -0.1) is 0 Å². The van der Waals surface area contributed by atoms with Crippen molar-refractivity contribution in [3.63, 3.8) is 0 Å². The van der Waals surface area contributed by atoms with Crippen molar-refractivity contribution in [1.29, 1.82) is 0 Å². The summed E-state index contributed by atoms with van der Waals surface area (Å²) in [7, 11) is 0. The Kier molecular flexibility index (Phi) is 8.92. The number of hydrogen-bond acceptors (Lipinski definition) is 0. The molecule has 0 bridgehead atoms. The van der Waals surface area contributed by atoms with Gasteiger partial charge in [0.1, 0.15) is 0 Å². The average molecular weight is 483 g/mol. The molecule has 0 spiro atoms. The highest BCUT2D eigenvalue weighted by Crippen LogP contribution is 2.43. The van der Waals surface area contributed by atoms with Crippen LogP contribution in [-0.2, 0) is 0 Å². The SMILES string of the molecule is CC(C)c1ccc(-c2cccc(-c3ccc(C(C)C)c(C(C)C)c3C(C)C)c2)c(C(C)C)c1C(C)C. The third kappa shape index (κ3) is 5.49. The summed E-state index contributed by atoms with van der Waals surface area (Å²) in [6, 6.07) is 18.9. The van der Waals surface area contributed by atoms with Crippen molar-refractivity contribution in [2.24, 2.45) is 0 Å². The van der Waals surface area contributed by atoms with Gasteiger partial charge in [-0.25, -0.2) is 0 Å². The summed E-state index contributed by atoms with van der Waals surface area (Å²) in [5.41, 5.74) is 14.6. The third-order valence-corrected chi connectivity index (χ3v) is 7.68. The van der Waals surface area contributed by atoms with E-state index in [4.69, 9.17) is 0 Å². The van der Waals surface area contributed by atoms with Crippen LogP contribution in [0, 0.1) is 0 Å². The van der Waals surface area contributed by atoms with Gasteiger partial charge in [-0.1, -0.05) is 126 Å². The molecule has 36 heavy (non-hydrogen) atoms. The maximum atomic E-state index is 2.45. The number of benzene rings is 3. The minimum atomic E-state index is 0.476. The molecule has 3 rings (SSSR count). The van der Waals surface area contributed by atoms with Crippen LogP contribution in [-0.4, -0.2) is 0 Å². The Hall–Kier alpha value is -2.34. The second kappa shape index (κ2) is 11.4. The zero-order chi connectivity index (χ0) is 26.9. The van der Waals surface area contributed by atoms with E-state index in [-0.39, 0.29) is 0 Å². The van der Waals surface area contributed by atoms with Crippen molar-refractivity contribution in [2.75, 3.05) is 0 Å². The fourth-order valence-corrected chi connectivity index (χ4v) is 6.20. The number of hydrogen-bond donors (Lipinski definition) is 0. The van der Waals surface area contributed by atoms with Gasteiger partial charge in [-0.2, -0.15) is 0 Å². The van der Waals surface area contributed by atoms with Crippen LogP contribution in [0.25, 0.3) is 22.3 Å². The average Bonchev–Trinajstić information content (AvgIpc) is 2.81. The first-order chi connectivity index (χ1) is 16.9. The van der Waals surface area contributed by atoms with E-state index in [0.717, 1.165) is 0 Å². The molecule has 0 atom stereocenters. The van der Waals surface area contributed by atoms with Crippen molar-refractivity contribution >= 4 is 0 Å². The Bertz CT molecular complexity index is 1090. The largest absolute Gasteiger partial charge is 0.0610 e. The first-order valence-corrected chi connectivity index (χ1v) is 14.3. The monoisotopic (exact) mass is 482 g/mol. The van der Waals surface area contributed by atoms with Crippen molar-refractivity contribution in [3.05, 3.63) is 81.9 Å². The standard InChI is InChI=1S/C36H50/c1-21(2)29-16-18-31(35(25(9)10)33(29)23(5)6)27-14-13-15-28(20-27)32-19-17-30(22(3)4)34(24(7)8)36(32)26(11)12/h13-26H,1-12H3. The highest BCUT2D eigenvalue weighted by Gasteiger charge is 2.23. The second-order valence-corrected chi connectivity index (χ2v) is 12.6. The van der Waals surface area contributed by atoms with Crippen LogP contribution in [0.15, 0.2) is 48.5 Å². The molecule has 0 aliphatic heterocycles. The fourth-order valence-electron chi connectivity index (χ4n) is 6.20. The van der Waals surface area contributed by atoms with Crippen LogP contribution in [0.3, 0.4) is 0 Å². The Balaban J connectivity index is 2.31. The molecule has 0 fully saturated rings. The fraction of sp³-hybridized carbons (Fsp3) is 0.500. The molecule has 0 saturated carbocycles. The summed E-state index contributed by atoms with van der Waals surface area (Å²) in [6.07, 6.45) is 0. The van der Waals surface area contributed by atoms with Crippen LogP contribution in [0.5, 0.6) is 0 Å². The Morgan fingerprint density at radius 1 is 0.361 bits per heavy atom. The normalized spacial score (nSPS) is 12.3. The van der Waals surface area contributed by atoms with E-state index in [1.54, 1.807) is 11.1 Å². The maximum absolute atomic E-state index is 2.45. The molecule has 0 aliphatic carbocycles. The van der Waals surface area contributed by atoms with Crippen molar-refractivity contribution in [2.45, 2.75) is 119 Å². The minimum Gasteiger partial charge on any atom is -0.0610 e. The zero-order valence-corrected chi connectivity index (χ0v) is 25.1. The molecule has 0 radical (unpaired) electrons. The van der Waals surface area contributed by atoms with Gasteiger partial charge in [0.25, 0.3) is 0 Å². The first-order valence-electron chi connectivity index (χ1n) is 14.3. The summed E-state index contributed by atoms with van der Waals surface area (Å²) < 4.78 is 0. The molecule has 194 valence electrons. The lowest BCUT2D eigenvalue weighted by Crippen LogP contribution is -2.08. The van der Waals surface area contributed by atoms with Gasteiger partial charge in [0.2, 0.25) is 0 Å². The predicted molar refractivity (Wildman–Crippen MR) is 162 cm³/mol. The molecule has 0 N–H and O–H groups in total. The van der Waals surface area contributed by atoms with E-state index in [9.17, 15) is 0 Å². The quantitative estimate of drug-likeness (QED) is 0.299. The molecule has 0 aromatic heterocycles. The van der Waals surface area contributed by atoms with E-state index in [1.807, 2.05) is 0 Å². The van der Waals surface area contributed by atoms with Gasteiger partial charge in [0.05, 0.1) is 0 Å². The predicted octanol–water partition coefficient (Wildman–Crippen LogP) is 11.8. The lowest BCUT2D eigenvalue weighted by molar-refractivity contribution is 0.749. The molecule has 3 aromatic carbocycles. The molecule has 3 aromatic rings. The van der Waals surface area contributed by atoms with Gasteiger partial charge in [0, 0.05) is 0 Å². The van der Waals surface area contributed by atoms with Gasteiger partial charge in [0.15, 0.2) is 0 Å². The third-order valence-electron chi connectivity index (χ3n) is 7.68. The highest BCUT2D eigenvalue weighted by molar-refractivity contribution is 5.79. The summed E-state index contributed by atoms with van der Waals surface area (Å²) in [5.74, 6) is 3.03. The van der Waals surface area contributed by atoms with E-state index < -0.39 is 0 Å². The van der Waals surface area contributed by atoms with Crippen molar-refractivity contribution < 1.29 is 0 Å². The van der Waals surface area contributed by atoms with Crippen LogP contribution < -0.4 is 0 Å².